The van der Waals surface area contributed by atoms with Gasteiger partial charge in [-0.25, -0.2) is 19.9 Å². The number of rotatable bonds is 26. The summed E-state index contributed by atoms with van der Waals surface area (Å²) in [5.74, 6) is 1.03. The van der Waals surface area contributed by atoms with E-state index in [1.54, 1.807) is 0 Å². The maximum absolute atomic E-state index is 14.3. The van der Waals surface area contributed by atoms with E-state index in [0.717, 1.165) is 29.9 Å². The Kier molecular flexibility index (Phi) is 28.1. The summed E-state index contributed by atoms with van der Waals surface area (Å²) in [7, 11) is -5.61. The number of anilines is 5. The minimum atomic E-state index is -1.54. The smallest absolute Gasteiger partial charge is 0.312 e. The normalized spacial score (nSPS) is 25.5. The van der Waals surface area contributed by atoms with E-state index in [1.165, 1.54) is 74.1 Å². The number of imidazole rings is 4. The predicted molar refractivity (Wildman–Crippen MR) is 414 cm³/mol. The Morgan fingerprint density at radius 2 is 0.750 bits per heavy atom. The molecule has 9 aromatic rings. The van der Waals surface area contributed by atoms with Crippen LogP contribution in [0.15, 0.2) is 43.5 Å². The number of fused-ring (bicyclic) bond motifs is 4. The Hall–Kier alpha value is -7.43. The predicted octanol–water partition coefficient (Wildman–Crippen LogP) is 3.18. The molecule has 0 amide bonds. The first-order valence-electron chi connectivity index (χ1n) is 37.0. The van der Waals surface area contributed by atoms with Crippen LogP contribution in [0.4, 0.5) is 46.5 Å². The fourth-order valence-electron chi connectivity index (χ4n) is 13.0. The molecule has 0 saturated carbocycles. The Balaban J connectivity index is 0.000000159. The number of aryl methyl sites for hydroxylation is 1. The summed E-state index contributed by atoms with van der Waals surface area (Å²) in [6, 6.07) is 8.43. The second-order valence-electron chi connectivity index (χ2n) is 32.5. The second-order valence-corrected chi connectivity index (χ2v) is 53.8. The molecule has 0 aliphatic carbocycles. The third kappa shape index (κ3) is 20.1. The fraction of sp³-hybridized carbons (Fsp3) is 0.618. The topological polar surface area (TPSA) is 502 Å². The molecule has 616 valence electrons. The Morgan fingerprint density at radius 1 is 0.411 bits per heavy atom. The van der Waals surface area contributed by atoms with Gasteiger partial charge in [0.05, 0.1) is 76.0 Å². The highest BCUT2D eigenvalue weighted by Crippen LogP contribution is 2.38. The first-order valence-corrected chi connectivity index (χ1v) is 51.3. The number of nitrogens with zero attached hydrogens (tertiary/aromatic N) is 16. The van der Waals surface area contributed by atoms with Gasteiger partial charge in [0.1, 0.15) is 73.2 Å². The molecule has 0 bridgehead atoms. The van der Waals surface area contributed by atoms with Crippen LogP contribution in [0.1, 0.15) is 63.1 Å². The van der Waals surface area contributed by atoms with E-state index in [9.17, 15) is 78.8 Å². The molecule has 0 radical (unpaired) electrons. The zero-order valence-electron chi connectivity index (χ0n) is 64.6. The van der Waals surface area contributed by atoms with Crippen molar-refractivity contribution in [3.05, 3.63) is 73.4 Å². The van der Waals surface area contributed by atoms with Crippen molar-refractivity contribution in [1.82, 2.24) is 78.1 Å². The van der Waals surface area contributed by atoms with Crippen LogP contribution in [0, 0.1) is 31.2 Å². The molecule has 0 unspecified atom stereocenters. The van der Waals surface area contributed by atoms with E-state index >= 15 is 0 Å². The zero-order chi connectivity index (χ0) is 81.8. The lowest BCUT2D eigenvalue weighted by Crippen LogP contribution is -2.37. The molecule has 8 aromatic heterocycles. The van der Waals surface area contributed by atoms with Crippen molar-refractivity contribution in [1.29, 1.82) is 0 Å². The van der Waals surface area contributed by atoms with Crippen molar-refractivity contribution < 1.29 is 97.8 Å². The van der Waals surface area contributed by atoms with Crippen molar-refractivity contribution in [2.24, 2.45) is 0 Å². The molecular weight excluding hydrogens is 1540 g/mol. The Bertz CT molecular complexity index is 4660. The van der Waals surface area contributed by atoms with Crippen molar-refractivity contribution in [3.63, 3.8) is 0 Å². The number of aliphatic hydroxyl groups excluding tert-OH is 12. The average molecular weight is 1650 g/mol. The number of hydrogen-bond acceptors (Lipinski definition) is 32. The van der Waals surface area contributed by atoms with Gasteiger partial charge in [-0.05, 0) is 25.0 Å². The van der Waals surface area contributed by atoms with Gasteiger partial charge in [0, 0.05) is 32.6 Å². The summed E-state index contributed by atoms with van der Waals surface area (Å²) in [5.41, 5.74) is 3.64. The van der Waals surface area contributed by atoms with Gasteiger partial charge in [0.2, 0.25) is 0 Å². The van der Waals surface area contributed by atoms with Gasteiger partial charge in [0.25, 0.3) is 0 Å². The lowest BCUT2D eigenvalue weighted by atomic mass is 10.1. The maximum atomic E-state index is 14.3. The second kappa shape index (κ2) is 36.2. The van der Waals surface area contributed by atoms with Gasteiger partial charge in [-0.3, -0.25) is 18.3 Å². The van der Waals surface area contributed by atoms with Gasteiger partial charge in [-0.1, -0.05) is 128 Å². The van der Waals surface area contributed by atoms with Gasteiger partial charge >= 0.3 is 24.3 Å². The molecule has 4 saturated heterocycles. The van der Waals surface area contributed by atoms with Crippen molar-refractivity contribution >= 4 is 111 Å². The van der Waals surface area contributed by atoms with E-state index in [2.05, 4.69) is 172 Å². The Morgan fingerprint density at radius 3 is 1.06 bits per heavy atom. The summed E-state index contributed by atoms with van der Waals surface area (Å²) in [4.78, 5) is 47.4. The van der Waals surface area contributed by atoms with Crippen molar-refractivity contribution in [2.45, 2.75) is 222 Å². The molecule has 16 atom stereocenters. The summed E-state index contributed by atoms with van der Waals surface area (Å²) in [6.45, 7) is 27.7. The van der Waals surface area contributed by atoms with E-state index in [4.69, 9.17) is 18.9 Å². The standard InChI is InChI=1S/C20H26FN5O4Si.C18H30FN5O4Si.C16H26FN5O4Si.C14H22FN5O4Si/c1-10-7-11(31(2,3)4)5-6-12(10)23-17-14-18(25-20(21)24-17)26(9-22-14)19-16(29)15(28)13(8-27)30-19;1-4-5-6-7-29(2,3)10-21-15-12-16(23-18(19)22-15)24(9-20-12)17-14(27)13(26)11(8-25)28-17;1-27(2,3)6-4-5-18-13-10-14(21-16(17)20-13)22(8-19-10)15-12(25)11(24)9(7-23)26-15;1-25(2,3)6-17-11-8-12(19-14(15)18-11)20(5-16-8)13-10(23)9(22)7(4-21)24-13/h5-7,9,13,15-16,19,27-29H,8H2,1-4H3,(H,23,24,25);9,11,13-14,17,25-27H,4-8,10H2,1-3H3,(H,21,22,23);8-9,11-12,15,23-25H,4-7H2,1-3H3,(H,18,20,21);5,7,9-10,13,21-23H,4,6H2,1-3H3,(H,17,18,19)/t13-,15-,16-,19-;11-,13-,14-,17-;9-,11-,12-,15-;7-,9-,10-,13-/m1110/s1. The van der Waals surface area contributed by atoms with E-state index in [0.29, 0.717) is 35.1 Å². The van der Waals surface area contributed by atoms with Crippen molar-refractivity contribution in [2.75, 3.05) is 66.6 Å². The Labute approximate surface area is 645 Å². The minimum absolute atomic E-state index is 0.0983. The summed E-state index contributed by atoms with van der Waals surface area (Å²) in [6.07, 6.45) is -10.7. The first kappa shape index (κ1) is 87.0. The van der Waals surface area contributed by atoms with Crippen LogP contribution in [0.25, 0.3) is 44.7 Å². The number of hydrogen-bond donors (Lipinski definition) is 16. The van der Waals surface area contributed by atoms with Gasteiger partial charge in [-0.15, -0.1) is 0 Å². The average Bonchev–Trinajstić information content (AvgIpc) is 1.63. The van der Waals surface area contributed by atoms with Crippen LogP contribution in [0.2, 0.25) is 84.1 Å². The lowest BCUT2D eigenvalue weighted by molar-refractivity contribution is -0.0511. The number of halogens is 4. The van der Waals surface area contributed by atoms with Crippen molar-refractivity contribution in [3.8, 4) is 0 Å². The third-order valence-electron chi connectivity index (χ3n) is 19.5. The molecule has 4 fully saturated rings. The highest BCUT2D eigenvalue weighted by Gasteiger charge is 2.48. The molecule has 4 aliphatic heterocycles. The molecule has 112 heavy (non-hydrogen) atoms. The van der Waals surface area contributed by atoms with Gasteiger partial charge in [0.15, 0.2) is 92.8 Å². The molecule has 44 heteroatoms. The molecule has 1 aromatic carbocycles. The minimum Gasteiger partial charge on any atom is -0.394 e. The third-order valence-corrected chi connectivity index (χ3v) is 27.4. The molecule has 4 aliphatic rings. The highest BCUT2D eigenvalue weighted by atomic mass is 28.3. The SMILES string of the molecule is CCCCC[Si](C)(C)CNc1nc(F)nc2c1ncn2[C@@H]1O[C@H](CO)[C@@H](O)[C@H]1O.C[Si](C)(C)CCCNc1nc(F)nc2c1ncn2[C@@H]1O[C@H](CO)[C@@H](O)[C@H]1O.C[Si](C)(C)CNc1nc(F)nc2c1ncn2[C@H]1O[C@@H](CO)[C@H](O)[C@@H]1O.Cc1cc([Si](C)(C)C)ccc1Nc1nc(F)nc2c1ncn2[C@@H]1O[C@H](CO)[C@@H](O)[C@H]1O. The number of aromatic nitrogens is 16. The summed E-state index contributed by atoms with van der Waals surface area (Å²) < 4.78 is 83.6. The summed E-state index contributed by atoms with van der Waals surface area (Å²) in [5, 5.41) is 132. The first-order chi connectivity index (χ1) is 52.8. The van der Waals surface area contributed by atoms with Crippen LogP contribution in [-0.2, 0) is 18.9 Å². The summed E-state index contributed by atoms with van der Waals surface area (Å²) >= 11 is 0. The van der Waals surface area contributed by atoms with Crippen LogP contribution in [-0.4, -0.2) is 290 Å². The number of unbranched alkanes of at least 4 members (excludes halogenated alkanes) is 2. The van der Waals surface area contributed by atoms with Gasteiger partial charge in [-0.2, -0.15) is 57.4 Å². The number of nitrogens with one attached hydrogen (secondary N) is 4. The lowest BCUT2D eigenvalue weighted by Gasteiger charge is -2.23. The fourth-order valence-corrected chi connectivity index (χ4v) is 18.2. The largest absolute Gasteiger partial charge is 0.394 e. The number of ether oxygens (including phenoxy) is 4. The number of benzene rings is 1. The van der Waals surface area contributed by atoms with Crippen LogP contribution in [0.3, 0.4) is 0 Å². The zero-order valence-corrected chi connectivity index (χ0v) is 68.6. The quantitative estimate of drug-likeness (QED) is 0.0160. The molecule has 16 N–H and O–H groups in total. The van der Waals surface area contributed by atoms with Gasteiger partial charge < -0.3 is 101 Å². The van der Waals surface area contributed by atoms with E-state index in [-0.39, 0.29) is 45.6 Å². The maximum Gasteiger partial charge on any atom is 0.312 e. The molecule has 13 rings (SSSR count). The molecule has 12 heterocycles. The molecular formula is C68H104F4N20O16Si4. The highest BCUT2D eigenvalue weighted by molar-refractivity contribution is 6.88. The molecule has 36 nitrogen and oxygen atoms in total. The van der Waals surface area contributed by atoms with Crippen LogP contribution < -0.4 is 26.5 Å². The number of aliphatic hydroxyl groups is 12. The monoisotopic (exact) mass is 1640 g/mol. The van der Waals surface area contributed by atoms with E-state index < -0.39 is 181 Å². The van der Waals surface area contributed by atoms with E-state index in [1.807, 2.05) is 13.0 Å². The van der Waals surface area contributed by atoms with Crippen LogP contribution >= 0.6 is 0 Å². The molecule has 0 spiro atoms. The van der Waals surface area contributed by atoms with Crippen LogP contribution in [0.5, 0.6) is 0 Å².